The van der Waals surface area contributed by atoms with Crippen LogP contribution in [0.5, 0.6) is 0 Å². The molecule has 1 aromatic heterocycles. The Morgan fingerprint density at radius 1 is 1.56 bits per heavy atom. The van der Waals surface area contributed by atoms with Crippen molar-refractivity contribution in [3.05, 3.63) is 45.0 Å². The number of thiazole rings is 1. The molecule has 2 aromatic rings. The summed E-state index contributed by atoms with van der Waals surface area (Å²) in [6.07, 6.45) is 0. The van der Waals surface area contributed by atoms with Gasteiger partial charge < -0.3 is 5.11 Å². The van der Waals surface area contributed by atoms with Crippen molar-refractivity contribution in [2.45, 2.75) is 22.8 Å². The van der Waals surface area contributed by atoms with E-state index in [-0.39, 0.29) is 12.3 Å². The summed E-state index contributed by atoms with van der Waals surface area (Å²) in [7, 11) is 0. The number of hydrogen-bond acceptors (Lipinski definition) is 6. The van der Waals surface area contributed by atoms with E-state index in [1.807, 2.05) is 12.3 Å². The Bertz CT molecular complexity index is 583. The lowest BCUT2D eigenvalue weighted by Gasteiger charge is -2.02. The number of hydrogen-bond donors (Lipinski definition) is 1. The van der Waals surface area contributed by atoms with E-state index in [2.05, 4.69) is 4.98 Å². The van der Waals surface area contributed by atoms with E-state index >= 15 is 0 Å². The summed E-state index contributed by atoms with van der Waals surface area (Å²) in [5.74, 6) is 0. The molecule has 0 amide bonds. The molecule has 0 fully saturated rings. The maximum absolute atomic E-state index is 10.7. The van der Waals surface area contributed by atoms with Crippen molar-refractivity contribution in [1.29, 1.82) is 0 Å². The van der Waals surface area contributed by atoms with Crippen LogP contribution in [-0.2, 0) is 6.61 Å². The molecule has 0 aliphatic heterocycles. The number of rotatable bonds is 4. The predicted molar refractivity (Wildman–Crippen MR) is 70.0 cm³/mol. The minimum Gasteiger partial charge on any atom is -0.391 e. The lowest BCUT2D eigenvalue weighted by molar-refractivity contribution is -0.385. The second kappa shape index (κ2) is 5.47. The van der Waals surface area contributed by atoms with Crippen LogP contribution in [-0.4, -0.2) is 15.0 Å². The first-order chi connectivity index (χ1) is 8.60. The van der Waals surface area contributed by atoms with Crippen molar-refractivity contribution in [1.82, 2.24) is 4.98 Å². The highest BCUT2D eigenvalue weighted by atomic mass is 32.2. The van der Waals surface area contributed by atoms with Gasteiger partial charge in [0.1, 0.15) is 0 Å². The van der Waals surface area contributed by atoms with Crippen LogP contribution in [0.3, 0.4) is 0 Å². The van der Waals surface area contributed by atoms with Crippen LogP contribution in [0, 0.1) is 17.0 Å². The Kier molecular flexibility index (Phi) is 3.95. The molecule has 0 saturated heterocycles. The van der Waals surface area contributed by atoms with E-state index in [1.165, 1.54) is 29.2 Å². The number of nitro benzene ring substituents is 1. The third kappa shape index (κ3) is 2.87. The van der Waals surface area contributed by atoms with Gasteiger partial charge in [0.25, 0.3) is 5.69 Å². The zero-order valence-electron chi connectivity index (χ0n) is 9.49. The quantitative estimate of drug-likeness (QED) is 0.689. The minimum atomic E-state index is -0.493. The van der Waals surface area contributed by atoms with E-state index in [0.29, 0.717) is 5.56 Å². The topological polar surface area (TPSA) is 76.3 Å². The smallest absolute Gasteiger partial charge is 0.274 e. The Labute approximate surface area is 112 Å². The van der Waals surface area contributed by atoms with Crippen molar-refractivity contribution < 1.29 is 10.0 Å². The summed E-state index contributed by atoms with van der Waals surface area (Å²) >= 11 is 2.96. The van der Waals surface area contributed by atoms with Crippen molar-refractivity contribution in [3.8, 4) is 0 Å². The van der Waals surface area contributed by atoms with Gasteiger partial charge in [-0.1, -0.05) is 11.8 Å². The van der Waals surface area contributed by atoms with Crippen molar-refractivity contribution >= 4 is 28.8 Å². The molecule has 1 heterocycles. The first-order valence-corrected chi connectivity index (χ1v) is 6.78. The number of benzene rings is 1. The standard InChI is InChI=1S/C11H10N2O3S2/c1-7-6-17-11(12-7)18-9-2-3-10(13(15)16)8(4-9)5-14/h2-4,6,14H,5H2,1H3. The molecule has 1 N–H and O–H groups in total. The van der Waals surface area contributed by atoms with Crippen molar-refractivity contribution in [2.75, 3.05) is 0 Å². The average Bonchev–Trinajstić information content (AvgIpc) is 2.74. The fourth-order valence-corrected chi connectivity index (χ4v) is 3.28. The molecule has 2 rings (SSSR count). The maximum Gasteiger partial charge on any atom is 0.274 e. The first kappa shape index (κ1) is 13.0. The summed E-state index contributed by atoms with van der Waals surface area (Å²) in [5, 5.41) is 21.8. The summed E-state index contributed by atoms with van der Waals surface area (Å²) in [6.45, 7) is 1.57. The number of aryl methyl sites for hydroxylation is 1. The number of aromatic nitrogens is 1. The zero-order valence-corrected chi connectivity index (χ0v) is 11.1. The second-order valence-corrected chi connectivity index (χ2v) is 5.74. The molecule has 0 radical (unpaired) electrons. The van der Waals surface area contributed by atoms with Gasteiger partial charge in [0.15, 0.2) is 4.34 Å². The molecule has 0 bridgehead atoms. The largest absolute Gasteiger partial charge is 0.391 e. The van der Waals surface area contributed by atoms with E-state index in [9.17, 15) is 10.1 Å². The van der Waals surface area contributed by atoms with Crippen LogP contribution in [0.4, 0.5) is 5.69 Å². The number of aliphatic hydroxyl groups is 1. The number of nitrogens with zero attached hydrogens (tertiary/aromatic N) is 2. The van der Waals surface area contributed by atoms with Gasteiger partial charge in [-0.15, -0.1) is 11.3 Å². The van der Waals surface area contributed by atoms with Gasteiger partial charge in [-0.2, -0.15) is 0 Å². The fourth-order valence-electron chi connectivity index (χ4n) is 1.41. The lowest BCUT2D eigenvalue weighted by atomic mass is 10.2. The van der Waals surface area contributed by atoms with Crippen LogP contribution < -0.4 is 0 Å². The molecule has 18 heavy (non-hydrogen) atoms. The normalized spacial score (nSPS) is 10.6. The van der Waals surface area contributed by atoms with Crippen molar-refractivity contribution in [2.24, 2.45) is 0 Å². The molecule has 0 aliphatic carbocycles. The number of nitro groups is 1. The van der Waals surface area contributed by atoms with Crippen LogP contribution in [0.1, 0.15) is 11.3 Å². The molecule has 0 spiro atoms. The van der Waals surface area contributed by atoms with Gasteiger partial charge in [-0.25, -0.2) is 4.98 Å². The molecule has 1 aromatic carbocycles. The SMILES string of the molecule is Cc1csc(Sc2ccc([N+](=O)[O-])c(CO)c2)n1. The van der Waals surface area contributed by atoms with E-state index < -0.39 is 4.92 Å². The van der Waals surface area contributed by atoms with Crippen molar-refractivity contribution in [3.63, 3.8) is 0 Å². The number of aliphatic hydroxyl groups excluding tert-OH is 1. The summed E-state index contributed by atoms with van der Waals surface area (Å²) in [6, 6.07) is 4.70. The van der Waals surface area contributed by atoms with Gasteiger partial charge >= 0.3 is 0 Å². The van der Waals surface area contributed by atoms with Gasteiger partial charge in [-0.05, 0) is 19.1 Å². The summed E-state index contributed by atoms with van der Waals surface area (Å²) < 4.78 is 0.880. The molecule has 7 heteroatoms. The summed E-state index contributed by atoms with van der Waals surface area (Å²) in [4.78, 5) is 15.4. The Morgan fingerprint density at radius 3 is 2.89 bits per heavy atom. The zero-order chi connectivity index (χ0) is 13.1. The van der Waals surface area contributed by atoms with E-state index in [1.54, 1.807) is 12.1 Å². The van der Waals surface area contributed by atoms with Crippen LogP contribution in [0.2, 0.25) is 0 Å². The maximum atomic E-state index is 10.7. The summed E-state index contributed by atoms with van der Waals surface area (Å²) in [5.41, 5.74) is 1.21. The predicted octanol–water partition coefficient (Wildman–Crippen LogP) is 3.00. The Hall–Kier alpha value is -1.44. The molecule has 0 saturated carbocycles. The van der Waals surface area contributed by atoms with Crippen LogP contribution in [0.25, 0.3) is 0 Å². The van der Waals surface area contributed by atoms with E-state index in [0.717, 1.165) is 14.9 Å². The third-order valence-electron chi connectivity index (χ3n) is 2.22. The first-order valence-electron chi connectivity index (χ1n) is 5.08. The van der Waals surface area contributed by atoms with Crippen LogP contribution >= 0.6 is 23.1 Å². The molecular formula is C11H10N2O3S2. The van der Waals surface area contributed by atoms with Crippen LogP contribution in [0.15, 0.2) is 32.8 Å². The molecular weight excluding hydrogens is 272 g/mol. The van der Waals surface area contributed by atoms with Gasteiger partial charge in [0, 0.05) is 22.0 Å². The highest BCUT2D eigenvalue weighted by Crippen LogP contribution is 2.33. The highest BCUT2D eigenvalue weighted by molar-refractivity contribution is 8.01. The second-order valence-electron chi connectivity index (χ2n) is 3.56. The molecule has 0 atom stereocenters. The monoisotopic (exact) mass is 282 g/mol. The molecule has 0 unspecified atom stereocenters. The van der Waals surface area contributed by atoms with Gasteiger partial charge in [0.2, 0.25) is 0 Å². The van der Waals surface area contributed by atoms with Gasteiger partial charge in [-0.3, -0.25) is 10.1 Å². The Morgan fingerprint density at radius 2 is 2.33 bits per heavy atom. The molecule has 94 valence electrons. The highest BCUT2D eigenvalue weighted by Gasteiger charge is 2.14. The Balaban J connectivity index is 2.27. The third-order valence-corrected chi connectivity index (χ3v) is 4.27. The molecule has 0 aliphatic rings. The molecule has 5 nitrogen and oxygen atoms in total. The fraction of sp³-hybridized carbons (Fsp3) is 0.182. The van der Waals surface area contributed by atoms with Gasteiger partial charge in [0.05, 0.1) is 17.1 Å². The minimum absolute atomic E-state index is 0.0582. The lowest BCUT2D eigenvalue weighted by Crippen LogP contribution is -1.95. The van der Waals surface area contributed by atoms with E-state index in [4.69, 9.17) is 5.11 Å². The average molecular weight is 282 g/mol.